The third-order valence-corrected chi connectivity index (χ3v) is 4.94. The number of carbonyl (C=O) groups excluding carboxylic acids is 1. The van der Waals surface area contributed by atoms with Crippen LogP contribution in [0.1, 0.15) is 15.9 Å². The molecule has 2 aromatic carbocycles. The van der Waals surface area contributed by atoms with Gasteiger partial charge in [-0.05, 0) is 42.8 Å². The van der Waals surface area contributed by atoms with Crippen molar-refractivity contribution in [3.05, 3.63) is 52.5 Å². The van der Waals surface area contributed by atoms with Gasteiger partial charge in [-0.15, -0.1) is 0 Å². The smallest absolute Gasteiger partial charge is 0.254 e. The molecule has 1 heterocycles. The second-order valence-electron chi connectivity index (χ2n) is 6.28. The molecule has 0 atom stereocenters. The molecule has 0 bridgehead atoms. The van der Waals surface area contributed by atoms with Gasteiger partial charge >= 0.3 is 0 Å². The number of nitrogens with zero attached hydrogens (tertiary/aromatic N) is 2. The number of methoxy groups -OCH3 is 2. The maximum atomic E-state index is 12.8. The molecule has 1 saturated heterocycles. The van der Waals surface area contributed by atoms with Gasteiger partial charge in [0.15, 0.2) is 11.5 Å². The lowest BCUT2D eigenvalue weighted by atomic mass is 10.1. The Hall–Kier alpha value is -2.40. The highest BCUT2D eigenvalue weighted by Gasteiger charge is 2.24. The monoisotopic (exact) mass is 374 g/mol. The summed E-state index contributed by atoms with van der Waals surface area (Å²) in [6.07, 6.45) is 0. The lowest BCUT2D eigenvalue weighted by Crippen LogP contribution is -2.49. The molecule has 5 nitrogen and oxygen atoms in total. The number of anilines is 1. The van der Waals surface area contributed by atoms with E-state index in [0.29, 0.717) is 30.2 Å². The highest BCUT2D eigenvalue weighted by atomic mass is 35.5. The highest BCUT2D eigenvalue weighted by molar-refractivity contribution is 6.30. The van der Waals surface area contributed by atoms with Gasteiger partial charge in [-0.1, -0.05) is 17.7 Å². The van der Waals surface area contributed by atoms with Gasteiger partial charge in [-0.2, -0.15) is 0 Å². The second kappa shape index (κ2) is 7.87. The molecular weight excluding hydrogens is 352 g/mol. The van der Waals surface area contributed by atoms with E-state index < -0.39 is 0 Å². The zero-order valence-corrected chi connectivity index (χ0v) is 16.0. The molecule has 0 saturated carbocycles. The Morgan fingerprint density at radius 1 is 0.962 bits per heavy atom. The fourth-order valence-electron chi connectivity index (χ4n) is 3.23. The van der Waals surface area contributed by atoms with Gasteiger partial charge in [0.05, 0.1) is 14.2 Å². The van der Waals surface area contributed by atoms with Crippen LogP contribution in [-0.4, -0.2) is 51.2 Å². The third-order valence-electron chi connectivity index (χ3n) is 4.71. The van der Waals surface area contributed by atoms with Crippen molar-refractivity contribution in [1.82, 2.24) is 4.90 Å². The van der Waals surface area contributed by atoms with Gasteiger partial charge in [0, 0.05) is 42.5 Å². The first-order valence-electron chi connectivity index (χ1n) is 8.56. The average Bonchev–Trinajstić information content (AvgIpc) is 2.68. The van der Waals surface area contributed by atoms with Crippen molar-refractivity contribution in [3.63, 3.8) is 0 Å². The summed E-state index contributed by atoms with van der Waals surface area (Å²) >= 11 is 6.14. The van der Waals surface area contributed by atoms with Gasteiger partial charge in [-0.3, -0.25) is 4.79 Å². The number of hydrogen-bond donors (Lipinski definition) is 0. The lowest BCUT2D eigenvalue weighted by Gasteiger charge is -2.37. The van der Waals surface area contributed by atoms with E-state index in [1.165, 1.54) is 5.56 Å². The molecule has 1 amide bonds. The van der Waals surface area contributed by atoms with E-state index in [2.05, 4.69) is 11.8 Å². The van der Waals surface area contributed by atoms with E-state index in [9.17, 15) is 4.79 Å². The Labute approximate surface area is 159 Å². The summed E-state index contributed by atoms with van der Waals surface area (Å²) in [5.41, 5.74) is 2.93. The predicted octanol–water partition coefficient (Wildman–Crippen LogP) is 3.63. The molecule has 26 heavy (non-hydrogen) atoms. The number of carbonyl (C=O) groups is 1. The number of benzene rings is 2. The topological polar surface area (TPSA) is 42.0 Å². The van der Waals surface area contributed by atoms with Crippen LogP contribution in [0.2, 0.25) is 5.02 Å². The Morgan fingerprint density at radius 2 is 1.65 bits per heavy atom. The number of hydrogen-bond acceptors (Lipinski definition) is 4. The largest absolute Gasteiger partial charge is 0.493 e. The minimum absolute atomic E-state index is 0.00780. The van der Waals surface area contributed by atoms with Gasteiger partial charge in [0.1, 0.15) is 0 Å². The molecule has 0 spiro atoms. The van der Waals surface area contributed by atoms with Crippen LogP contribution < -0.4 is 14.4 Å². The minimum Gasteiger partial charge on any atom is -0.493 e. The number of rotatable bonds is 4. The molecule has 1 aliphatic rings. The third kappa shape index (κ3) is 3.73. The number of amides is 1. The van der Waals surface area contributed by atoms with Gasteiger partial charge < -0.3 is 19.3 Å². The Bertz CT molecular complexity index is 802. The molecule has 138 valence electrons. The highest BCUT2D eigenvalue weighted by Crippen LogP contribution is 2.29. The summed E-state index contributed by atoms with van der Waals surface area (Å²) in [7, 11) is 3.15. The number of halogens is 1. The SMILES string of the molecule is COc1ccc(C(=O)N2CCN(c3cc(Cl)ccc3C)CC2)cc1OC. The van der Waals surface area contributed by atoms with Crippen molar-refractivity contribution in [1.29, 1.82) is 0 Å². The van der Waals surface area contributed by atoms with E-state index in [-0.39, 0.29) is 5.91 Å². The van der Waals surface area contributed by atoms with Gasteiger partial charge in [0.2, 0.25) is 0 Å². The van der Waals surface area contributed by atoms with Crippen molar-refractivity contribution < 1.29 is 14.3 Å². The first-order chi connectivity index (χ1) is 12.5. The van der Waals surface area contributed by atoms with Crippen molar-refractivity contribution in [2.45, 2.75) is 6.92 Å². The van der Waals surface area contributed by atoms with E-state index >= 15 is 0 Å². The van der Waals surface area contributed by atoms with Crippen molar-refractivity contribution in [2.24, 2.45) is 0 Å². The van der Waals surface area contributed by atoms with E-state index in [1.54, 1.807) is 32.4 Å². The molecule has 0 N–H and O–H groups in total. The zero-order valence-electron chi connectivity index (χ0n) is 15.3. The van der Waals surface area contributed by atoms with Crippen LogP contribution in [0, 0.1) is 6.92 Å². The molecule has 0 aromatic heterocycles. The van der Waals surface area contributed by atoms with Crippen LogP contribution in [0.3, 0.4) is 0 Å². The maximum Gasteiger partial charge on any atom is 0.254 e. The zero-order chi connectivity index (χ0) is 18.7. The summed E-state index contributed by atoms with van der Waals surface area (Å²) < 4.78 is 10.5. The molecule has 0 unspecified atom stereocenters. The van der Waals surface area contributed by atoms with Crippen LogP contribution in [0.4, 0.5) is 5.69 Å². The standard InChI is InChI=1S/C20H23ClN2O3/c1-14-4-6-16(21)13-17(14)22-8-10-23(11-9-22)20(24)15-5-7-18(25-2)19(12-15)26-3/h4-7,12-13H,8-11H2,1-3H3. The van der Waals surface area contributed by atoms with Crippen molar-refractivity contribution in [2.75, 3.05) is 45.3 Å². The molecule has 0 aliphatic carbocycles. The predicted molar refractivity (Wildman–Crippen MR) is 104 cm³/mol. The maximum absolute atomic E-state index is 12.8. The quantitative estimate of drug-likeness (QED) is 0.819. The number of aryl methyl sites for hydroxylation is 1. The molecule has 6 heteroatoms. The molecule has 2 aromatic rings. The molecule has 1 fully saturated rings. The first kappa shape index (κ1) is 18.4. The lowest BCUT2D eigenvalue weighted by molar-refractivity contribution is 0.0746. The normalized spacial score (nSPS) is 14.3. The van der Waals surface area contributed by atoms with Crippen LogP contribution in [0.25, 0.3) is 0 Å². The van der Waals surface area contributed by atoms with Crippen LogP contribution in [0.5, 0.6) is 11.5 Å². The molecular formula is C20H23ClN2O3. The molecule has 0 radical (unpaired) electrons. The summed E-state index contributed by atoms with van der Waals surface area (Å²) in [6, 6.07) is 11.2. The summed E-state index contributed by atoms with van der Waals surface area (Å²) in [4.78, 5) is 17.0. The van der Waals surface area contributed by atoms with Crippen molar-refractivity contribution in [3.8, 4) is 11.5 Å². The van der Waals surface area contributed by atoms with Crippen molar-refractivity contribution >= 4 is 23.2 Å². The van der Waals surface area contributed by atoms with Crippen LogP contribution >= 0.6 is 11.6 Å². The first-order valence-corrected chi connectivity index (χ1v) is 8.93. The summed E-state index contributed by atoms with van der Waals surface area (Å²) in [5.74, 6) is 1.19. The van der Waals surface area contributed by atoms with Gasteiger partial charge in [0.25, 0.3) is 5.91 Å². The fourth-order valence-corrected chi connectivity index (χ4v) is 3.39. The molecule has 1 aliphatic heterocycles. The Balaban J connectivity index is 1.70. The molecule has 3 rings (SSSR count). The van der Waals surface area contributed by atoms with Crippen LogP contribution in [-0.2, 0) is 0 Å². The minimum atomic E-state index is 0.00780. The Morgan fingerprint density at radius 3 is 2.31 bits per heavy atom. The van der Waals surface area contributed by atoms with E-state index in [1.807, 2.05) is 23.1 Å². The van der Waals surface area contributed by atoms with E-state index in [0.717, 1.165) is 23.8 Å². The Kier molecular flexibility index (Phi) is 5.57. The fraction of sp³-hybridized carbons (Fsp3) is 0.350. The second-order valence-corrected chi connectivity index (χ2v) is 6.72. The van der Waals surface area contributed by atoms with Gasteiger partial charge in [-0.25, -0.2) is 0 Å². The summed E-state index contributed by atoms with van der Waals surface area (Å²) in [6.45, 7) is 4.96. The van der Waals surface area contributed by atoms with Crippen LogP contribution in [0.15, 0.2) is 36.4 Å². The summed E-state index contributed by atoms with van der Waals surface area (Å²) in [5, 5.41) is 0.731. The number of ether oxygens (including phenoxy) is 2. The van der Waals surface area contributed by atoms with E-state index in [4.69, 9.17) is 21.1 Å². The number of piperazine rings is 1. The average molecular weight is 375 g/mol.